The Kier molecular flexibility index (Phi) is 4.75. The van der Waals surface area contributed by atoms with Gasteiger partial charge in [0.05, 0.1) is 32.9 Å². The van der Waals surface area contributed by atoms with Crippen molar-refractivity contribution in [2.75, 3.05) is 32.4 Å². The van der Waals surface area contributed by atoms with Crippen LogP contribution in [-0.2, 0) is 11.2 Å². The van der Waals surface area contributed by atoms with E-state index in [0.29, 0.717) is 35.3 Å². The van der Waals surface area contributed by atoms with Gasteiger partial charge in [-0.25, -0.2) is 4.68 Å². The molecule has 0 aliphatic carbocycles. The van der Waals surface area contributed by atoms with Crippen LogP contribution in [0.15, 0.2) is 42.5 Å². The number of fused-ring (bicyclic) bond motifs is 1. The van der Waals surface area contributed by atoms with Crippen LogP contribution in [0.4, 0.5) is 11.6 Å². The summed E-state index contributed by atoms with van der Waals surface area (Å²) in [5, 5.41) is 7.36. The second-order valence-corrected chi connectivity index (χ2v) is 6.66. The Labute approximate surface area is 168 Å². The topological polar surface area (TPSA) is 101 Å². The van der Waals surface area contributed by atoms with E-state index in [1.165, 1.54) is 7.11 Å². The summed E-state index contributed by atoms with van der Waals surface area (Å²) in [6, 6.07) is 13.1. The van der Waals surface area contributed by atoms with Crippen LogP contribution in [0.1, 0.15) is 17.0 Å². The number of amides is 1. The molecule has 1 atom stereocenters. The minimum atomic E-state index is -0.466. The lowest BCUT2D eigenvalue weighted by Gasteiger charge is -2.23. The third-order valence-corrected chi connectivity index (χ3v) is 5.08. The van der Waals surface area contributed by atoms with E-state index in [-0.39, 0.29) is 5.91 Å². The maximum Gasteiger partial charge on any atom is 0.233 e. The molecule has 0 fully saturated rings. The van der Waals surface area contributed by atoms with Gasteiger partial charge in [0.2, 0.25) is 11.7 Å². The average molecular weight is 394 g/mol. The summed E-state index contributed by atoms with van der Waals surface area (Å²) in [7, 11) is 4.63. The van der Waals surface area contributed by atoms with Gasteiger partial charge in [-0.15, -0.1) is 5.10 Å². The van der Waals surface area contributed by atoms with Crippen LogP contribution >= 0.6 is 0 Å². The predicted octanol–water partition coefficient (Wildman–Crippen LogP) is 2.76. The summed E-state index contributed by atoms with van der Waals surface area (Å²) in [6.45, 7) is 0. The number of rotatable bonds is 5. The third-order valence-electron chi connectivity index (χ3n) is 5.08. The lowest BCUT2D eigenvalue weighted by atomic mass is 9.88. The van der Waals surface area contributed by atoms with E-state index < -0.39 is 5.92 Å². The Balaban J connectivity index is 1.75. The Morgan fingerprint density at radius 2 is 1.72 bits per heavy atom. The molecule has 0 saturated carbocycles. The molecular weight excluding hydrogens is 372 g/mol. The monoisotopic (exact) mass is 394 g/mol. The molecule has 4 rings (SSSR count). The van der Waals surface area contributed by atoms with Crippen LogP contribution in [0.3, 0.4) is 0 Å². The molecule has 3 N–H and O–H groups in total. The Morgan fingerprint density at radius 1 is 1.07 bits per heavy atom. The van der Waals surface area contributed by atoms with Crippen molar-refractivity contribution in [1.29, 1.82) is 0 Å². The average Bonchev–Trinajstić information content (AvgIpc) is 3.07. The highest BCUT2D eigenvalue weighted by Gasteiger charge is 2.33. The first-order chi connectivity index (χ1) is 14.1. The summed E-state index contributed by atoms with van der Waals surface area (Å²) >= 11 is 0. The number of methoxy groups -OCH3 is 3. The van der Waals surface area contributed by atoms with Crippen LogP contribution < -0.4 is 25.3 Å². The van der Waals surface area contributed by atoms with Crippen molar-refractivity contribution in [2.45, 2.75) is 12.3 Å². The lowest BCUT2D eigenvalue weighted by Crippen LogP contribution is -2.28. The minimum absolute atomic E-state index is 0.163. The fourth-order valence-corrected chi connectivity index (χ4v) is 3.60. The maximum atomic E-state index is 12.9. The maximum absolute atomic E-state index is 12.9. The van der Waals surface area contributed by atoms with Gasteiger partial charge in [-0.1, -0.05) is 18.2 Å². The summed E-state index contributed by atoms with van der Waals surface area (Å²) in [6.07, 6.45) is 0.415. The summed E-state index contributed by atoms with van der Waals surface area (Å²) in [5.41, 5.74) is 8.75. The number of carbonyl (C=O) groups is 1. The van der Waals surface area contributed by atoms with Gasteiger partial charge in [-0.05, 0) is 36.2 Å². The SMILES string of the molecule is COc1cc(C2Cc3c(nn(-c4ccccc4)c3N)NC2=O)cc(OC)c1OC. The number of hydrogen-bond donors (Lipinski definition) is 2. The van der Waals surface area contributed by atoms with Crippen molar-refractivity contribution in [2.24, 2.45) is 0 Å². The molecule has 0 bridgehead atoms. The molecule has 2 heterocycles. The van der Waals surface area contributed by atoms with Gasteiger partial charge in [-0.3, -0.25) is 4.79 Å². The van der Waals surface area contributed by atoms with E-state index in [9.17, 15) is 4.79 Å². The van der Waals surface area contributed by atoms with Crippen molar-refractivity contribution in [3.8, 4) is 22.9 Å². The van der Waals surface area contributed by atoms with Crippen LogP contribution in [0, 0.1) is 0 Å². The summed E-state index contributed by atoms with van der Waals surface area (Å²) < 4.78 is 17.9. The van der Waals surface area contributed by atoms with E-state index in [0.717, 1.165) is 16.8 Å². The number of nitrogens with two attached hydrogens (primary N) is 1. The zero-order chi connectivity index (χ0) is 20.5. The van der Waals surface area contributed by atoms with E-state index in [1.54, 1.807) is 31.0 Å². The molecule has 2 aromatic carbocycles. The molecule has 1 aliphatic rings. The zero-order valence-corrected chi connectivity index (χ0v) is 16.4. The molecule has 8 nitrogen and oxygen atoms in total. The summed E-state index contributed by atoms with van der Waals surface area (Å²) in [4.78, 5) is 12.9. The molecule has 1 aromatic heterocycles. The van der Waals surface area contributed by atoms with E-state index in [4.69, 9.17) is 19.9 Å². The smallest absolute Gasteiger partial charge is 0.233 e. The second kappa shape index (κ2) is 7.38. The number of anilines is 2. The first-order valence-corrected chi connectivity index (χ1v) is 9.11. The van der Waals surface area contributed by atoms with Crippen molar-refractivity contribution in [1.82, 2.24) is 9.78 Å². The molecule has 8 heteroatoms. The number of nitrogen functional groups attached to an aromatic ring is 1. The van der Waals surface area contributed by atoms with Gasteiger partial charge in [0.15, 0.2) is 17.3 Å². The summed E-state index contributed by atoms with van der Waals surface area (Å²) in [5.74, 6) is 1.83. The van der Waals surface area contributed by atoms with Crippen LogP contribution in [0.25, 0.3) is 5.69 Å². The minimum Gasteiger partial charge on any atom is -0.493 e. The first kappa shape index (κ1) is 18.7. The molecule has 1 unspecified atom stereocenters. The highest BCUT2D eigenvalue weighted by molar-refractivity contribution is 5.99. The van der Waals surface area contributed by atoms with Gasteiger partial charge in [0.25, 0.3) is 0 Å². The molecule has 1 amide bonds. The lowest BCUT2D eigenvalue weighted by molar-refractivity contribution is -0.117. The van der Waals surface area contributed by atoms with Gasteiger partial charge in [0, 0.05) is 5.56 Å². The van der Waals surface area contributed by atoms with Crippen LogP contribution in [-0.4, -0.2) is 37.0 Å². The number of hydrogen-bond acceptors (Lipinski definition) is 6. The Bertz CT molecular complexity index is 1040. The van der Waals surface area contributed by atoms with Gasteiger partial charge >= 0.3 is 0 Å². The number of nitrogens with one attached hydrogen (secondary N) is 1. The van der Waals surface area contributed by atoms with E-state index >= 15 is 0 Å². The number of nitrogens with zero attached hydrogens (tertiary/aromatic N) is 2. The molecule has 0 spiro atoms. The third kappa shape index (κ3) is 3.12. The number of ether oxygens (including phenoxy) is 3. The second-order valence-electron chi connectivity index (χ2n) is 6.66. The zero-order valence-electron chi connectivity index (χ0n) is 16.4. The normalized spacial score (nSPS) is 15.4. The predicted molar refractivity (Wildman–Crippen MR) is 109 cm³/mol. The van der Waals surface area contributed by atoms with Crippen molar-refractivity contribution >= 4 is 17.5 Å². The highest BCUT2D eigenvalue weighted by atomic mass is 16.5. The van der Waals surface area contributed by atoms with Crippen molar-refractivity contribution < 1.29 is 19.0 Å². The van der Waals surface area contributed by atoms with Gasteiger partial charge in [-0.2, -0.15) is 0 Å². The molecular formula is C21H22N4O4. The molecule has 3 aromatic rings. The Hall–Kier alpha value is -3.68. The molecule has 0 radical (unpaired) electrons. The highest BCUT2D eigenvalue weighted by Crippen LogP contribution is 2.43. The van der Waals surface area contributed by atoms with Crippen LogP contribution in [0.5, 0.6) is 17.2 Å². The quantitative estimate of drug-likeness (QED) is 0.690. The standard InChI is InChI=1S/C21H22N4O4/c1-27-16-9-12(10-17(28-2)18(16)29-3)14-11-15-19(22)25(13-7-5-4-6-8-13)24-20(15)23-21(14)26/h4-10,14H,11,22H2,1-3H3,(H,23,24,26). The fraction of sp³-hybridized carbons (Fsp3) is 0.238. The van der Waals surface area contributed by atoms with Crippen molar-refractivity contribution in [3.05, 3.63) is 53.6 Å². The number of benzene rings is 2. The molecule has 1 aliphatic heterocycles. The van der Waals surface area contributed by atoms with E-state index in [2.05, 4.69) is 10.4 Å². The van der Waals surface area contributed by atoms with Crippen LogP contribution in [0.2, 0.25) is 0 Å². The fourth-order valence-electron chi connectivity index (χ4n) is 3.60. The van der Waals surface area contributed by atoms with Gasteiger partial charge < -0.3 is 25.3 Å². The van der Waals surface area contributed by atoms with E-state index in [1.807, 2.05) is 30.3 Å². The molecule has 150 valence electrons. The van der Waals surface area contributed by atoms with Crippen molar-refractivity contribution in [3.63, 3.8) is 0 Å². The number of aromatic nitrogens is 2. The molecule has 29 heavy (non-hydrogen) atoms. The first-order valence-electron chi connectivity index (χ1n) is 9.11. The molecule has 0 saturated heterocycles. The van der Waals surface area contributed by atoms with Gasteiger partial charge in [0.1, 0.15) is 5.82 Å². The Morgan fingerprint density at radius 3 is 2.31 bits per heavy atom. The largest absolute Gasteiger partial charge is 0.493 e. The number of para-hydroxylation sites is 1. The number of carbonyl (C=O) groups excluding carboxylic acids is 1.